The lowest BCUT2D eigenvalue weighted by atomic mass is 10.0. The predicted molar refractivity (Wildman–Crippen MR) is 265 cm³/mol. The molecule has 0 heterocycles. The van der Waals surface area contributed by atoms with Gasteiger partial charge in [0.25, 0.3) is 0 Å². The molecular formula is C56H98O6. The van der Waals surface area contributed by atoms with Crippen LogP contribution in [0.25, 0.3) is 0 Å². The Kier molecular flexibility index (Phi) is 48.4. The number of ether oxygens (including phenoxy) is 3. The summed E-state index contributed by atoms with van der Waals surface area (Å²) < 4.78 is 16.8. The monoisotopic (exact) mass is 867 g/mol. The molecule has 0 aliphatic carbocycles. The lowest BCUT2D eigenvalue weighted by Crippen LogP contribution is -2.30. The number of hydrogen-bond acceptors (Lipinski definition) is 6. The predicted octanol–water partition coefficient (Wildman–Crippen LogP) is 17.3. The minimum absolute atomic E-state index is 0.0884. The average molecular weight is 867 g/mol. The van der Waals surface area contributed by atoms with Crippen LogP contribution in [0.3, 0.4) is 0 Å². The first-order valence-corrected chi connectivity index (χ1v) is 26.3. The van der Waals surface area contributed by atoms with E-state index in [9.17, 15) is 14.4 Å². The van der Waals surface area contributed by atoms with Gasteiger partial charge in [0.05, 0.1) is 0 Å². The highest BCUT2D eigenvalue weighted by Gasteiger charge is 2.19. The standard InChI is InChI=1S/C56H98O6/c1-4-7-10-13-16-19-22-25-28-29-32-34-37-40-43-46-49-55(58)61-52-53(62-56(59)50-47-44-41-38-35-31-27-24-21-18-15-12-9-6-3)51-60-54(57)48-45-42-39-36-33-30-26-23-20-17-14-11-8-5-2/h7,10,16,19,25,28,31-32,34-35,53H,4-6,8-9,11-15,17-18,20-24,26-27,29-30,33,36-52H2,1-3H3/b10-7-,19-16-,28-25-,34-32-,35-31-. The topological polar surface area (TPSA) is 78.9 Å². The first-order valence-electron chi connectivity index (χ1n) is 26.3. The molecule has 0 aromatic heterocycles. The van der Waals surface area contributed by atoms with E-state index >= 15 is 0 Å². The molecule has 0 bridgehead atoms. The SMILES string of the molecule is CC/C=C\C/C=C\C/C=C\C/C=C\CCCCCC(=O)OCC(COC(=O)CCCCCCCCCCCCCCCC)OC(=O)CCCCC/C=C\CCCCCCCCC. The van der Waals surface area contributed by atoms with E-state index in [0.717, 1.165) is 103 Å². The van der Waals surface area contributed by atoms with Gasteiger partial charge in [-0.2, -0.15) is 0 Å². The number of esters is 3. The fourth-order valence-electron chi connectivity index (χ4n) is 7.31. The van der Waals surface area contributed by atoms with Crippen molar-refractivity contribution < 1.29 is 28.6 Å². The van der Waals surface area contributed by atoms with Crippen molar-refractivity contribution in [2.45, 2.75) is 264 Å². The minimum atomic E-state index is -0.792. The van der Waals surface area contributed by atoms with Gasteiger partial charge in [0.2, 0.25) is 0 Å². The molecule has 0 aromatic carbocycles. The van der Waals surface area contributed by atoms with Crippen molar-refractivity contribution in [2.75, 3.05) is 13.2 Å². The zero-order valence-corrected chi connectivity index (χ0v) is 40.9. The van der Waals surface area contributed by atoms with Crippen LogP contribution in [0, 0.1) is 0 Å². The second-order valence-corrected chi connectivity index (χ2v) is 17.4. The summed E-state index contributed by atoms with van der Waals surface area (Å²) in [6, 6.07) is 0. The zero-order valence-electron chi connectivity index (χ0n) is 40.9. The molecule has 0 radical (unpaired) electrons. The normalized spacial score (nSPS) is 12.5. The van der Waals surface area contributed by atoms with E-state index in [1.54, 1.807) is 0 Å². The van der Waals surface area contributed by atoms with E-state index in [2.05, 4.69) is 81.5 Å². The van der Waals surface area contributed by atoms with Crippen LogP contribution < -0.4 is 0 Å². The van der Waals surface area contributed by atoms with Crippen molar-refractivity contribution in [1.29, 1.82) is 0 Å². The van der Waals surface area contributed by atoms with Gasteiger partial charge in [-0.15, -0.1) is 0 Å². The van der Waals surface area contributed by atoms with E-state index in [1.165, 1.54) is 116 Å². The number of rotatable bonds is 47. The van der Waals surface area contributed by atoms with E-state index < -0.39 is 6.10 Å². The molecule has 0 aliphatic rings. The van der Waals surface area contributed by atoms with Crippen LogP contribution in [0.1, 0.15) is 258 Å². The fraction of sp³-hybridized carbons (Fsp3) is 0.768. The van der Waals surface area contributed by atoms with Crippen LogP contribution in [0.2, 0.25) is 0 Å². The number of unbranched alkanes of at least 4 members (excludes halogenated alkanes) is 26. The summed E-state index contributed by atoms with van der Waals surface area (Å²) in [5.41, 5.74) is 0. The van der Waals surface area contributed by atoms with E-state index in [0.29, 0.717) is 19.3 Å². The van der Waals surface area contributed by atoms with Gasteiger partial charge in [0.1, 0.15) is 13.2 Å². The van der Waals surface area contributed by atoms with Crippen LogP contribution in [0.5, 0.6) is 0 Å². The molecule has 6 nitrogen and oxygen atoms in total. The third kappa shape index (κ3) is 48.1. The van der Waals surface area contributed by atoms with Gasteiger partial charge in [-0.1, -0.05) is 216 Å². The summed E-state index contributed by atoms with van der Waals surface area (Å²) in [5.74, 6) is -0.931. The molecule has 1 unspecified atom stereocenters. The van der Waals surface area contributed by atoms with Crippen molar-refractivity contribution in [3.8, 4) is 0 Å². The highest BCUT2D eigenvalue weighted by Crippen LogP contribution is 2.15. The Labute approximate surface area is 383 Å². The second kappa shape index (κ2) is 50.8. The van der Waals surface area contributed by atoms with Gasteiger partial charge in [-0.3, -0.25) is 14.4 Å². The minimum Gasteiger partial charge on any atom is -0.462 e. The van der Waals surface area contributed by atoms with Gasteiger partial charge in [0, 0.05) is 19.3 Å². The Bertz CT molecular complexity index is 1130. The highest BCUT2D eigenvalue weighted by molar-refractivity contribution is 5.71. The van der Waals surface area contributed by atoms with Crippen molar-refractivity contribution in [1.82, 2.24) is 0 Å². The number of carbonyl (C=O) groups excluding carboxylic acids is 3. The van der Waals surface area contributed by atoms with Crippen LogP contribution in [-0.2, 0) is 28.6 Å². The van der Waals surface area contributed by atoms with Crippen molar-refractivity contribution in [3.05, 3.63) is 60.8 Å². The largest absolute Gasteiger partial charge is 0.462 e. The Morgan fingerprint density at radius 3 is 1.02 bits per heavy atom. The lowest BCUT2D eigenvalue weighted by Gasteiger charge is -2.18. The molecule has 62 heavy (non-hydrogen) atoms. The van der Waals surface area contributed by atoms with Crippen LogP contribution in [-0.4, -0.2) is 37.2 Å². The average Bonchev–Trinajstić information content (AvgIpc) is 3.27. The summed E-state index contributed by atoms with van der Waals surface area (Å²) in [6.45, 7) is 6.49. The third-order valence-corrected chi connectivity index (χ3v) is 11.3. The maximum Gasteiger partial charge on any atom is 0.306 e. The van der Waals surface area contributed by atoms with Gasteiger partial charge in [-0.05, 0) is 83.5 Å². The van der Waals surface area contributed by atoms with Gasteiger partial charge >= 0.3 is 17.9 Å². The molecule has 0 N–H and O–H groups in total. The summed E-state index contributed by atoms with van der Waals surface area (Å²) >= 11 is 0. The Morgan fingerprint density at radius 1 is 0.339 bits per heavy atom. The molecular weight excluding hydrogens is 769 g/mol. The van der Waals surface area contributed by atoms with E-state index in [4.69, 9.17) is 14.2 Å². The molecule has 0 spiro atoms. The number of hydrogen-bond donors (Lipinski definition) is 0. The highest BCUT2D eigenvalue weighted by atomic mass is 16.6. The molecule has 0 amide bonds. The zero-order chi connectivity index (χ0) is 45.1. The van der Waals surface area contributed by atoms with E-state index in [1.807, 2.05) is 0 Å². The Morgan fingerprint density at radius 2 is 0.629 bits per heavy atom. The first-order chi connectivity index (χ1) is 30.5. The lowest BCUT2D eigenvalue weighted by molar-refractivity contribution is -0.167. The van der Waals surface area contributed by atoms with Crippen molar-refractivity contribution in [3.63, 3.8) is 0 Å². The van der Waals surface area contributed by atoms with Crippen molar-refractivity contribution in [2.24, 2.45) is 0 Å². The molecule has 0 saturated carbocycles. The number of allylic oxidation sites excluding steroid dienone is 10. The maximum absolute atomic E-state index is 12.8. The fourth-order valence-corrected chi connectivity index (χ4v) is 7.31. The molecule has 0 aromatic rings. The molecule has 1 atom stereocenters. The molecule has 0 fully saturated rings. The Hall–Kier alpha value is -2.89. The first kappa shape index (κ1) is 59.1. The molecule has 0 rings (SSSR count). The summed E-state index contributed by atoms with van der Waals surface area (Å²) in [7, 11) is 0. The molecule has 358 valence electrons. The van der Waals surface area contributed by atoms with Gasteiger partial charge in [0.15, 0.2) is 6.10 Å². The molecule has 6 heteroatoms. The van der Waals surface area contributed by atoms with Gasteiger partial charge < -0.3 is 14.2 Å². The Balaban J connectivity index is 4.44. The van der Waals surface area contributed by atoms with Crippen LogP contribution in [0.4, 0.5) is 0 Å². The third-order valence-electron chi connectivity index (χ3n) is 11.3. The number of carbonyl (C=O) groups is 3. The molecule has 0 aliphatic heterocycles. The quantitative estimate of drug-likeness (QED) is 0.0262. The summed E-state index contributed by atoms with van der Waals surface area (Å²) in [5, 5.41) is 0. The smallest absolute Gasteiger partial charge is 0.306 e. The van der Waals surface area contributed by atoms with Gasteiger partial charge in [-0.25, -0.2) is 0 Å². The van der Waals surface area contributed by atoms with Crippen LogP contribution in [0.15, 0.2) is 60.8 Å². The van der Waals surface area contributed by atoms with E-state index in [-0.39, 0.29) is 31.1 Å². The molecule has 0 saturated heterocycles. The van der Waals surface area contributed by atoms with Crippen LogP contribution >= 0.6 is 0 Å². The second-order valence-electron chi connectivity index (χ2n) is 17.4. The summed E-state index contributed by atoms with van der Waals surface area (Å²) in [6.07, 6.45) is 62.0. The van der Waals surface area contributed by atoms with Crippen molar-refractivity contribution >= 4 is 17.9 Å². The summed E-state index contributed by atoms with van der Waals surface area (Å²) in [4.78, 5) is 38.0. The maximum atomic E-state index is 12.8.